The second-order valence-electron chi connectivity index (χ2n) is 10.9. The van der Waals surface area contributed by atoms with Crippen LogP contribution in [-0.4, -0.2) is 11.4 Å². The number of hydrogen-bond acceptors (Lipinski definition) is 2. The van der Waals surface area contributed by atoms with Gasteiger partial charge in [-0.05, 0) is 106 Å². The molecule has 0 aliphatic carbocycles. The maximum atomic E-state index is 5.23. The third kappa shape index (κ3) is 14.2. The minimum Gasteiger partial charge on any atom is -0.251 e. The van der Waals surface area contributed by atoms with Crippen molar-refractivity contribution >= 4 is 22.8 Å². The van der Waals surface area contributed by atoms with Gasteiger partial charge in [-0.3, -0.25) is 4.99 Å². The molecule has 2 nitrogen and oxygen atoms in total. The molecule has 2 aromatic carbocycles. The van der Waals surface area contributed by atoms with E-state index in [4.69, 9.17) is 9.98 Å². The predicted octanol–water partition coefficient (Wildman–Crippen LogP) is 11.4. The number of aliphatic imine (C=N–C) groups is 2. The fraction of sp³-hybridized carbons (Fsp3) is 0.543. The molecule has 0 fully saturated rings. The van der Waals surface area contributed by atoms with E-state index in [0.29, 0.717) is 0 Å². The molecule has 0 unspecified atom stereocenters. The summed E-state index contributed by atoms with van der Waals surface area (Å²) in [7, 11) is 0. The van der Waals surface area contributed by atoms with Crippen LogP contribution in [0.3, 0.4) is 0 Å². The molecule has 0 spiro atoms. The minimum absolute atomic E-state index is 0. The van der Waals surface area contributed by atoms with Crippen LogP contribution < -0.4 is 0 Å². The first kappa shape index (κ1) is 34.0. The van der Waals surface area contributed by atoms with Gasteiger partial charge in [0.25, 0.3) is 0 Å². The van der Waals surface area contributed by atoms with Gasteiger partial charge in [-0.1, -0.05) is 89.8 Å². The van der Waals surface area contributed by atoms with Crippen molar-refractivity contribution in [3.63, 3.8) is 0 Å². The topological polar surface area (TPSA) is 24.7 Å². The largest absolute Gasteiger partial charge is 0.251 e. The van der Waals surface area contributed by atoms with E-state index in [-0.39, 0.29) is 16.5 Å². The van der Waals surface area contributed by atoms with Gasteiger partial charge in [-0.25, -0.2) is 4.99 Å². The van der Waals surface area contributed by atoms with E-state index >= 15 is 0 Å². The van der Waals surface area contributed by atoms with Crippen molar-refractivity contribution in [1.29, 1.82) is 0 Å². The molecule has 0 aliphatic heterocycles. The van der Waals surface area contributed by atoms with Gasteiger partial charge in [0.2, 0.25) is 0 Å². The minimum atomic E-state index is 0. The average molecular weight is 560 g/mol. The van der Waals surface area contributed by atoms with Crippen molar-refractivity contribution in [2.24, 2.45) is 9.98 Å². The summed E-state index contributed by atoms with van der Waals surface area (Å²) in [6.45, 7) is 13.2. The molecule has 212 valence electrons. The van der Waals surface area contributed by atoms with Crippen LogP contribution in [0.4, 0.5) is 11.4 Å². The summed E-state index contributed by atoms with van der Waals surface area (Å²) in [4.78, 5) is 10.4. The second kappa shape index (κ2) is 20.0. The summed E-state index contributed by atoms with van der Waals surface area (Å²) < 4.78 is 0. The first-order valence-electron chi connectivity index (χ1n) is 14.9. The summed E-state index contributed by atoms with van der Waals surface area (Å²) in [6, 6.07) is 13.2. The Labute approximate surface area is 244 Å². The molecule has 0 radical (unpaired) electrons. The van der Waals surface area contributed by atoms with Gasteiger partial charge in [0.05, 0.1) is 22.8 Å². The van der Waals surface area contributed by atoms with Gasteiger partial charge in [0, 0.05) is 16.5 Å². The third-order valence-corrected chi connectivity index (χ3v) is 6.74. The van der Waals surface area contributed by atoms with Gasteiger partial charge >= 0.3 is 0 Å². The molecular formula is C35H52N2Ni. The van der Waals surface area contributed by atoms with Crippen molar-refractivity contribution in [3.8, 4) is 0 Å². The number of allylic oxidation sites excluding steroid dienone is 2. The van der Waals surface area contributed by atoms with E-state index in [2.05, 4.69) is 90.1 Å². The number of nitrogens with zero attached hydrogens (tertiary/aromatic N) is 2. The van der Waals surface area contributed by atoms with Crippen molar-refractivity contribution in [2.45, 2.75) is 125 Å². The summed E-state index contributed by atoms with van der Waals surface area (Å²) >= 11 is 0. The predicted molar refractivity (Wildman–Crippen MR) is 167 cm³/mol. The molecule has 0 saturated carbocycles. The average Bonchev–Trinajstić information content (AvgIpc) is 2.83. The smallest absolute Gasteiger partial charge is 0.0848 e. The Hall–Kier alpha value is -1.99. The quantitative estimate of drug-likeness (QED) is 0.105. The molecule has 2 rings (SSSR count). The molecule has 0 N–H and O–H groups in total. The molecule has 0 saturated heterocycles. The second-order valence-corrected chi connectivity index (χ2v) is 10.9. The Balaban J connectivity index is 0.00000722. The number of hydrogen-bond donors (Lipinski definition) is 0. The zero-order valence-corrected chi connectivity index (χ0v) is 26.0. The zero-order valence-electron chi connectivity index (χ0n) is 25.0. The molecule has 0 atom stereocenters. The first-order chi connectivity index (χ1) is 17.9. The fourth-order valence-electron chi connectivity index (χ4n) is 4.90. The van der Waals surface area contributed by atoms with Gasteiger partial charge < -0.3 is 0 Å². The zero-order chi connectivity index (χ0) is 26.9. The van der Waals surface area contributed by atoms with Gasteiger partial charge in [-0.15, -0.1) is 0 Å². The van der Waals surface area contributed by atoms with Crippen LogP contribution in [0.5, 0.6) is 0 Å². The van der Waals surface area contributed by atoms with Crippen LogP contribution in [0.2, 0.25) is 0 Å². The molecule has 2 aromatic rings. The third-order valence-electron chi connectivity index (χ3n) is 6.74. The molecule has 0 aliphatic rings. The Bertz CT molecular complexity index is 992. The van der Waals surface area contributed by atoms with Crippen molar-refractivity contribution in [1.82, 2.24) is 0 Å². The standard InChI is InChI=1S/C35H52N2.Ni/c1-7-9-11-13-15-17-19-21-35(37-33-26-30(5)23-31(6)27-33)34(20-18-16-14-12-10-8-2)36-32-24-28(3)22-29(4)25-32;/h19,21-27H,7-18,20H2,1-6H3;/b21-19+,36-34?,37-35?;. The Morgan fingerprint density at radius 1 is 0.579 bits per heavy atom. The van der Waals surface area contributed by atoms with Crippen molar-refractivity contribution in [2.75, 3.05) is 0 Å². The van der Waals surface area contributed by atoms with E-state index in [1.165, 1.54) is 86.5 Å². The molecule has 0 heterocycles. The van der Waals surface area contributed by atoms with Crippen molar-refractivity contribution < 1.29 is 16.5 Å². The van der Waals surface area contributed by atoms with Crippen LogP contribution in [0, 0.1) is 27.7 Å². The van der Waals surface area contributed by atoms with E-state index in [9.17, 15) is 0 Å². The van der Waals surface area contributed by atoms with Crippen LogP contribution in [-0.2, 0) is 16.5 Å². The molecular weight excluding hydrogens is 507 g/mol. The van der Waals surface area contributed by atoms with E-state index in [0.717, 1.165) is 42.1 Å². The monoisotopic (exact) mass is 558 g/mol. The van der Waals surface area contributed by atoms with Crippen LogP contribution in [0.15, 0.2) is 58.5 Å². The molecule has 3 heteroatoms. The maximum absolute atomic E-state index is 5.23. The molecule has 0 aromatic heterocycles. The van der Waals surface area contributed by atoms with E-state index < -0.39 is 0 Å². The number of aryl methyl sites for hydroxylation is 4. The Morgan fingerprint density at radius 2 is 1.03 bits per heavy atom. The number of unbranched alkanes of at least 4 members (excludes halogenated alkanes) is 10. The fourth-order valence-corrected chi connectivity index (χ4v) is 4.90. The van der Waals surface area contributed by atoms with Gasteiger partial charge in [-0.2, -0.15) is 0 Å². The summed E-state index contributed by atoms with van der Waals surface area (Å²) in [5, 5.41) is 0. The SMILES string of the molecule is CCCCCCC/C=C/C(=Nc1cc(C)cc(C)c1)C(CCCCCCCC)=Nc1cc(C)cc(C)c1.[Ni]. The molecule has 0 bridgehead atoms. The normalized spacial score (nSPS) is 12.3. The van der Waals surface area contributed by atoms with Crippen LogP contribution in [0.25, 0.3) is 0 Å². The molecule has 0 amide bonds. The van der Waals surface area contributed by atoms with Crippen molar-refractivity contribution in [3.05, 3.63) is 70.8 Å². The Morgan fingerprint density at radius 3 is 1.55 bits per heavy atom. The van der Waals surface area contributed by atoms with Crippen LogP contribution >= 0.6 is 0 Å². The summed E-state index contributed by atoms with van der Waals surface area (Å²) in [5.41, 5.74) is 9.22. The van der Waals surface area contributed by atoms with Crippen LogP contribution in [0.1, 0.15) is 120 Å². The Kier molecular flexibility index (Phi) is 17.9. The number of rotatable bonds is 17. The first-order valence-corrected chi connectivity index (χ1v) is 14.9. The maximum Gasteiger partial charge on any atom is 0.0848 e. The van der Waals surface area contributed by atoms with Gasteiger partial charge in [0.15, 0.2) is 0 Å². The molecule has 38 heavy (non-hydrogen) atoms. The number of benzene rings is 2. The summed E-state index contributed by atoms with van der Waals surface area (Å²) in [6.07, 6.45) is 20.8. The van der Waals surface area contributed by atoms with E-state index in [1.807, 2.05) is 0 Å². The van der Waals surface area contributed by atoms with Gasteiger partial charge in [0.1, 0.15) is 0 Å². The summed E-state index contributed by atoms with van der Waals surface area (Å²) in [5.74, 6) is 0. The van der Waals surface area contributed by atoms with E-state index in [1.54, 1.807) is 0 Å².